The number of carbonyl (C=O) groups excluding carboxylic acids is 1. The molecule has 18 heavy (non-hydrogen) atoms. The highest BCUT2D eigenvalue weighted by molar-refractivity contribution is 7.10. The van der Waals surface area contributed by atoms with Crippen molar-refractivity contribution in [2.75, 3.05) is 13.1 Å². The highest BCUT2D eigenvalue weighted by atomic mass is 32.1. The van der Waals surface area contributed by atoms with Gasteiger partial charge in [-0.3, -0.25) is 4.79 Å². The SMILES string of the molecule is CCC(NCC(=O)NCCC(C)C)c1cccs1. The van der Waals surface area contributed by atoms with Crippen LogP contribution in [0.5, 0.6) is 0 Å². The van der Waals surface area contributed by atoms with E-state index in [2.05, 4.69) is 42.9 Å². The molecule has 0 radical (unpaired) electrons. The maximum atomic E-state index is 11.6. The van der Waals surface area contributed by atoms with Crippen LogP contribution in [-0.2, 0) is 4.79 Å². The molecule has 0 aromatic carbocycles. The molecule has 0 saturated heterocycles. The Hall–Kier alpha value is -0.870. The van der Waals surface area contributed by atoms with Crippen LogP contribution < -0.4 is 10.6 Å². The third kappa shape index (κ3) is 5.65. The molecular formula is C14H24N2OS. The molecule has 0 saturated carbocycles. The number of nitrogens with one attached hydrogen (secondary N) is 2. The average Bonchev–Trinajstić information content (AvgIpc) is 2.83. The van der Waals surface area contributed by atoms with Crippen LogP contribution in [0.3, 0.4) is 0 Å². The summed E-state index contributed by atoms with van der Waals surface area (Å²) in [6.07, 6.45) is 2.04. The summed E-state index contributed by atoms with van der Waals surface area (Å²) in [5.41, 5.74) is 0. The molecular weight excluding hydrogens is 244 g/mol. The first-order valence-electron chi connectivity index (χ1n) is 6.67. The fourth-order valence-electron chi connectivity index (χ4n) is 1.71. The van der Waals surface area contributed by atoms with E-state index in [-0.39, 0.29) is 5.91 Å². The third-order valence-corrected chi connectivity index (χ3v) is 3.83. The van der Waals surface area contributed by atoms with Crippen LogP contribution in [0.4, 0.5) is 0 Å². The van der Waals surface area contributed by atoms with E-state index in [0.717, 1.165) is 19.4 Å². The van der Waals surface area contributed by atoms with Crippen molar-refractivity contribution in [3.63, 3.8) is 0 Å². The van der Waals surface area contributed by atoms with Gasteiger partial charge in [0.25, 0.3) is 0 Å². The Morgan fingerprint density at radius 2 is 2.22 bits per heavy atom. The summed E-state index contributed by atoms with van der Waals surface area (Å²) < 4.78 is 0. The fraction of sp³-hybridized carbons (Fsp3) is 0.643. The number of hydrogen-bond donors (Lipinski definition) is 2. The monoisotopic (exact) mass is 268 g/mol. The molecule has 2 N–H and O–H groups in total. The third-order valence-electron chi connectivity index (χ3n) is 2.85. The van der Waals surface area contributed by atoms with Gasteiger partial charge in [0, 0.05) is 17.5 Å². The van der Waals surface area contributed by atoms with E-state index in [9.17, 15) is 4.79 Å². The van der Waals surface area contributed by atoms with E-state index >= 15 is 0 Å². The predicted octanol–water partition coefficient (Wildman–Crippen LogP) is 2.95. The molecule has 4 heteroatoms. The van der Waals surface area contributed by atoms with Gasteiger partial charge in [-0.15, -0.1) is 11.3 Å². The van der Waals surface area contributed by atoms with Crippen molar-refractivity contribution in [3.05, 3.63) is 22.4 Å². The van der Waals surface area contributed by atoms with Gasteiger partial charge in [0.1, 0.15) is 0 Å². The molecule has 3 nitrogen and oxygen atoms in total. The molecule has 0 aliphatic carbocycles. The molecule has 1 heterocycles. The molecule has 1 aromatic rings. The van der Waals surface area contributed by atoms with Crippen LogP contribution in [0.2, 0.25) is 0 Å². The van der Waals surface area contributed by atoms with Crippen molar-refractivity contribution >= 4 is 17.2 Å². The second-order valence-electron chi connectivity index (χ2n) is 4.89. The molecule has 1 unspecified atom stereocenters. The van der Waals surface area contributed by atoms with Crippen LogP contribution >= 0.6 is 11.3 Å². The van der Waals surface area contributed by atoms with Gasteiger partial charge >= 0.3 is 0 Å². The Morgan fingerprint density at radius 3 is 2.78 bits per heavy atom. The summed E-state index contributed by atoms with van der Waals surface area (Å²) in [5.74, 6) is 0.721. The van der Waals surface area contributed by atoms with Gasteiger partial charge in [-0.1, -0.05) is 26.8 Å². The summed E-state index contributed by atoms with van der Waals surface area (Å²) >= 11 is 1.73. The van der Waals surface area contributed by atoms with Gasteiger partial charge in [-0.2, -0.15) is 0 Å². The van der Waals surface area contributed by atoms with Gasteiger partial charge < -0.3 is 10.6 Å². The van der Waals surface area contributed by atoms with Crippen molar-refractivity contribution in [1.82, 2.24) is 10.6 Å². The molecule has 1 amide bonds. The normalized spacial score (nSPS) is 12.7. The summed E-state index contributed by atoms with van der Waals surface area (Å²) in [6.45, 7) is 7.62. The Balaban J connectivity index is 2.24. The zero-order valence-electron chi connectivity index (χ0n) is 11.5. The Bertz CT molecular complexity index is 336. The second kappa shape index (κ2) is 8.27. The maximum absolute atomic E-state index is 11.6. The number of thiophene rings is 1. The number of hydrogen-bond acceptors (Lipinski definition) is 3. The van der Waals surface area contributed by atoms with Crippen molar-refractivity contribution in [3.8, 4) is 0 Å². The van der Waals surface area contributed by atoms with Crippen LogP contribution in [-0.4, -0.2) is 19.0 Å². The quantitative estimate of drug-likeness (QED) is 0.761. The van der Waals surface area contributed by atoms with Crippen molar-refractivity contribution in [1.29, 1.82) is 0 Å². The molecule has 0 fully saturated rings. The Kier molecular flexibility index (Phi) is 6.98. The van der Waals surface area contributed by atoms with Gasteiger partial charge in [0.15, 0.2) is 0 Å². The van der Waals surface area contributed by atoms with Gasteiger partial charge in [-0.05, 0) is 30.2 Å². The van der Waals surface area contributed by atoms with Gasteiger partial charge in [-0.25, -0.2) is 0 Å². The van der Waals surface area contributed by atoms with Crippen molar-refractivity contribution < 1.29 is 4.79 Å². The summed E-state index contributed by atoms with van der Waals surface area (Å²) in [6, 6.07) is 4.45. The molecule has 0 aliphatic rings. The second-order valence-corrected chi connectivity index (χ2v) is 5.87. The fourth-order valence-corrected chi connectivity index (χ4v) is 2.60. The maximum Gasteiger partial charge on any atom is 0.233 e. The Morgan fingerprint density at radius 1 is 1.44 bits per heavy atom. The van der Waals surface area contributed by atoms with Crippen molar-refractivity contribution in [2.45, 2.75) is 39.7 Å². The summed E-state index contributed by atoms with van der Waals surface area (Å²) in [5, 5.41) is 8.32. The first-order valence-corrected chi connectivity index (χ1v) is 7.55. The molecule has 0 bridgehead atoms. The topological polar surface area (TPSA) is 41.1 Å². The highest BCUT2D eigenvalue weighted by Crippen LogP contribution is 2.21. The number of rotatable bonds is 8. The minimum atomic E-state index is 0.0886. The highest BCUT2D eigenvalue weighted by Gasteiger charge is 2.11. The van der Waals surface area contributed by atoms with E-state index in [4.69, 9.17) is 0 Å². The van der Waals surface area contributed by atoms with E-state index in [0.29, 0.717) is 18.5 Å². The largest absolute Gasteiger partial charge is 0.355 e. The average molecular weight is 268 g/mol. The van der Waals surface area contributed by atoms with Gasteiger partial charge in [0.05, 0.1) is 6.54 Å². The van der Waals surface area contributed by atoms with Crippen LogP contribution in [0.1, 0.15) is 44.5 Å². The minimum absolute atomic E-state index is 0.0886. The molecule has 1 atom stereocenters. The molecule has 0 spiro atoms. The van der Waals surface area contributed by atoms with E-state index in [1.165, 1.54) is 4.88 Å². The zero-order chi connectivity index (χ0) is 13.4. The molecule has 1 rings (SSSR count). The Labute approximate surface area is 114 Å². The van der Waals surface area contributed by atoms with E-state index in [1.807, 2.05) is 6.07 Å². The van der Waals surface area contributed by atoms with Crippen LogP contribution in [0.15, 0.2) is 17.5 Å². The first kappa shape index (κ1) is 15.2. The lowest BCUT2D eigenvalue weighted by molar-refractivity contribution is -0.120. The lowest BCUT2D eigenvalue weighted by Crippen LogP contribution is -2.36. The zero-order valence-corrected chi connectivity index (χ0v) is 12.3. The number of carbonyl (C=O) groups is 1. The number of amides is 1. The van der Waals surface area contributed by atoms with Gasteiger partial charge in [0.2, 0.25) is 5.91 Å². The molecule has 1 aromatic heterocycles. The van der Waals surface area contributed by atoms with E-state index < -0.39 is 0 Å². The standard InChI is InChI=1S/C14H24N2OS/c1-4-12(13-6-5-9-18-13)16-10-14(17)15-8-7-11(2)3/h5-6,9,11-12,16H,4,7-8,10H2,1-3H3,(H,15,17). The van der Waals surface area contributed by atoms with Crippen LogP contribution in [0, 0.1) is 5.92 Å². The first-order chi connectivity index (χ1) is 8.63. The predicted molar refractivity (Wildman–Crippen MR) is 77.8 cm³/mol. The molecule has 102 valence electrons. The summed E-state index contributed by atoms with van der Waals surface area (Å²) in [4.78, 5) is 12.9. The smallest absolute Gasteiger partial charge is 0.233 e. The lowest BCUT2D eigenvalue weighted by atomic mass is 10.1. The summed E-state index contributed by atoms with van der Waals surface area (Å²) in [7, 11) is 0. The van der Waals surface area contributed by atoms with Crippen molar-refractivity contribution in [2.24, 2.45) is 5.92 Å². The van der Waals surface area contributed by atoms with E-state index in [1.54, 1.807) is 11.3 Å². The minimum Gasteiger partial charge on any atom is -0.355 e. The molecule has 0 aliphatic heterocycles. The lowest BCUT2D eigenvalue weighted by Gasteiger charge is -2.15. The van der Waals surface area contributed by atoms with Crippen LogP contribution in [0.25, 0.3) is 0 Å².